The second-order valence-corrected chi connectivity index (χ2v) is 5.54. The molecule has 0 amide bonds. The fourth-order valence-corrected chi connectivity index (χ4v) is 2.38. The van der Waals surface area contributed by atoms with Gasteiger partial charge in [-0.15, -0.1) is 0 Å². The topological polar surface area (TPSA) is 38.3 Å². The maximum Gasteiger partial charge on any atom is 0.311 e. The van der Waals surface area contributed by atoms with Crippen LogP contribution in [0.1, 0.15) is 40.0 Å². The van der Waals surface area contributed by atoms with Gasteiger partial charge in [-0.25, -0.2) is 0 Å². The van der Waals surface area contributed by atoms with Gasteiger partial charge in [0.1, 0.15) is 0 Å². The van der Waals surface area contributed by atoms with E-state index in [0.717, 1.165) is 25.4 Å². The molecule has 1 aliphatic rings. The van der Waals surface area contributed by atoms with Gasteiger partial charge in [-0.3, -0.25) is 4.79 Å². The van der Waals surface area contributed by atoms with E-state index in [-0.39, 0.29) is 11.4 Å². The summed E-state index contributed by atoms with van der Waals surface area (Å²) in [5.41, 5.74) is -0.361. The third kappa shape index (κ3) is 3.21. The van der Waals surface area contributed by atoms with Crippen LogP contribution >= 0.6 is 0 Å². The molecular formula is C13H25NO2. The highest BCUT2D eigenvalue weighted by molar-refractivity contribution is 5.76. The van der Waals surface area contributed by atoms with Gasteiger partial charge >= 0.3 is 5.97 Å². The smallest absolute Gasteiger partial charge is 0.311 e. The number of esters is 1. The molecule has 0 aliphatic carbocycles. The molecule has 1 saturated heterocycles. The molecule has 1 N–H and O–H groups in total. The number of carbonyl (C=O) groups excluding carboxylic acids is 1. The van der Waals surface area contributed by atoms with Crippen molar-refractivity contribution in [2.24, 2.45) is 17.3 Å². The third-order valence-electron chi connectivity index (χ3n) is 4.09. The summed E-state index contributed by atoms with van der Waals surface area (Å²) < 4.78 is 4.87. The van der Waals surface area contributed by atoms with E-state index in [2.05, 4.69) is 12.2 Å². The third-order valence-corrected chi connectivity index (χ3v) is 4.09. The first-order valence-corrected chi connectivity index (χ1v) is 6.27. The Labute approximate surface area is 98.9 Å². The number of piperidine rings is 1. The van der Waals surface area contributed by atoms with E-state index in [4.69, 9.17) is 4.74 Å². The number of nitrogens with one attached hydrogen (secondary N) is 1. The van der Waals surface area contributed by atoms with Gasteiger partial charge in [-0.05, 0) is 58.0 Å². The van der Waals surface area contributed by atoms with E-state index in [1.165, 1.54) is 20.0 Å². The van der Waals surface area contributed by atoms with Crippen molar-refractivity contribution < 1.29 is 9.53 Å². The molecule has 0 saturated carbocycles. The number of hydrogen-bond acceptors (Lipinski definition) is 3. The molecule has 1 rings (SSSR count). The van der Waals surface area contributed by atoms with E-state index in [1.54, 1.807) is 0 Å². The Morgan fingerprint density at radius 1 is 1.44 bits per heavy atom. The average Bonchev–Trinajstić information content (AvgIpc) is 2.29. The highest BCUT2D eigenvalue weighted by atomic mass is 16.5. The molecule has 0 bridgehead atoms. The lowest BCUT2D eigenvalue weighted by Crippen LogP contribution is -2.35. The first-order chi connectivity index (χ1) is 7.48. The first kappa shape index (κ1) is 13.5. The van der Waals surface area contributed by atoms with Crippen molar-refractivity contribution in [3.8, 4) is 0 Å². The lowest BCUT2D eigenvalue weighted by molar-refractivity contribution is -0.154. The van der Waals surface area contributed by atoms with E-state index in [0.29, 0.717) is 5.92 Å². The Hall–Kier alpha value is -0.570. The minimum absolute atomic E-state index is 0.0889. The van der Waals surface area contributed by atoms with Gasteiger partial charge in [0.15, 0.2) is 0 Å². The van der Waals surface area contributed by atoms with Crippen LogP contribution in [0.15, 0.2) is 0 Å². The van der Waals surface area contributed by atoms with Gasteiger partial charge in [0.05, 0.1) is 12.5 Å². The Bertz CT molecular complexity index is 232. The zero-order valence-electron chi connectivity index (χ0n) is 11.0. The van der Waals surface area contributed by atoms with Crippen LogP contribution in [0.25, 0.3) is 0 Å². The second-order valence-electron chi connectivity index (χ2n) is 5.54. The summed E-state index contributed by atoms with van der Waals surface area (Å²) in [5.74, 6) is 1.05. The normalized spacial score (nSPS) is 20.5. The van der Waals surface area contributed by atoms with Crippen molar-refractivity contribution in [2.45, 2.75) is 40.0 Å². The van der Waals surface area contributed by atoms with Crippen molar-refractivity contribution >= 4 is 5.97 Å². The van der Waals surface area contributed by atoms with Crippen molar-refractivity contribution in [3.63, 3.8) is 0 Å². The van der Waals surface area contributed by atoms with Crippen LogP contribution in [-0.2, 0) is 9.53 Å². The molecule has 1 heterocycles. The molecule has 1 unspecified atom stereocenters. The highest BCUT2D eigenvalue weighted by Gasteiger charge is 2.36. The highest BCUT2D eigenvalue weighted by Crippen LogP contribution is 2.34. The summed E-state index contributed by atoms with van der Waals surface area (Å²) in [7, 11) is 1.47. The van der Waals surface area contributed by atoms with Crippen LogP contribution < -0.4 is 5.32 Å². The first-order valence-electron chi connectivity index (χ1n) is 6.27. The molecule has 16 heavy (non-hydrogen) atoms. The molecule has 0 radical (unpaired) electrons. The summed E-state index contributed by atoms with van der Waals surface area (Å²) in [6, 6.07) is 0. The van der Waals surface area contributed by atoms with Gasteiger partial charge in [0.25, 0.3) is 0 Å². The zero-order chi connectivity index (χ0) is 12.2. The fraction of sp³-hybridized carbons (Fsp3) is 0.923. The molecule has 0 aromatic carbocycles. The predicted molar refractivity (Wildman–Crippen MR) is 65.2 cm³/mol. The van der Waals surface area contributed by atoms with Crippen LogP contribution in [-0.4, -0.2) is 26.2 Å². The molecule has 0 spiro atoms. The number of methoxy groups -OCH3 is 1. The molecule has 1 fully saturated rings. The number of rotatable bonds is 4. The van der Waals surface area contributed by atoms with Crippen LogP contribution in [0.4, 0.5) is 0 Å². The Kier molecular flexibility index (Phi) is 4.78. The lowest BCUT2D eigenvalue weighted by atomic mass is 9.74. The summed E-state index contributed by atoms with van der Waals surface area (Å²) in [6.45, 7) is 8.39. The van der Waals surface area contributed by atoms with Gasteiger partial charge in [-0.2, -0.15) is 0 Å². The van der Waals surface area contributed by atoms with Crippen LogP contribution in [0, 0.1) is 17.3 Å². The van der Waals surface area contributed by atoms with Crippen LogP contribution in [0.2, 0.25) is 0 Å². The number of hydrogen-bond donors (Lipinski definition) is 1. The molecule has 94 valence electrons. The average molecular weight is 227 g/mol. The van der Waals surface area contributed by atoms with Crippen LogP contribution in [0.5, 0.6) is 0 Å². The standard InChI is InChI=1S/C13H25NO2/c1-10(13(2,3)12(15)16-4)9-11-5-7-14-8-6-11/h10-11,14H,5-9H2,1-4H3. The number of carbonyl (C=O) groups is 1. The van der Waals surface area contributed by atoms with Gasteiger partial charge in [0.2, 0.25) is 0 Å². The largest absolute Gasteiger partial charge is 0.469 e. The van der Waals surface area contributed by atoms with E-state index >= 15 is 0 Å². The maximum atomic E-state index is 11.7. The summed E-state index contributed by atoms with van der Waals surface area (Å²) in [4.78, 5) is 11.7. The summed E-state index contributed by atoms with van der Waals surface area (Å²) in [6.07, 6.45) is 3.60. The quantitative estimate of drug-likeness (QED) is 0.748. The fourth-order valence-electron chi connectivity index (χ4n) is 2.38. The van der Waals surface area contributed by atoms with Crippen molar-refractivity contribution in [1.29, 1.82) is 0 Å². The van der Waals surface area contributed by atoms with Gasteiger partial charge in [-0.1, -0.05) is 6.92 Å². The predicted octanol–water partition coefficient (Wildman–Crippen LogP) is 2.21. The molecular weight excluding hydrogens is 202 g/mol. The van der Waals surface area contributed by atoms with Gasteiger partial charge < -0.3 is 10.1 Å². The SMILES string of the molecule is COC(=O)C(C)(C)C(C)CC1CCNCC1. The Morgan fingerprint density at radius 3 is 2.50 bits per heavy atom. The van der Waals surface area contributed by atoms with Crippen molar-refractivity contribution in [3.05, 3.63) is 0 Å². The Morgan fingerprint density at radius 2 is 2.00 bits per heavy atom. The van der Waals surface area contributed by atoms with E-state index in [1.807, 2.05) is 13.8 Å². The molecule has 3 heteroatoms. The monoisotopic (exact) mass is 227 g/mol. The molecule has 3 nitrogen and oxygen atoms in total. The lowest BCUT2D eigenvalue weighted by Gasteiger charge is -2.33. The Balaban J connectivity index is 2.49. The van der Waals surface area contributed by atoms with E-state index in [9.17, 15) is 4.79 Å². The van der Waals surface area contributed by atoms with Crippen molar-refractivity contribution in [2.75, 3.05) is 20.2 Å². The molecule has 1 atom stereocenters. The second kappa shape index (κ2) is 5.67. The van der Waals surface area contributed by atoms with Gasteiger partial charge in [0, 0.05) is 0 Å². The molecule has 1 aliphatic heterocycles. The van der Waals surface area contributed by atoms with Crippen LogP contribution in [0.3, 0.4) is 0 Å². The van der Waals surface area contributed by atoms with Crippen molar-refractivity contribution in [1.82, 2.24) is 5.32 Å². The molecule has 0 aromatic rings. The summed E-state index contributed by atoms with van der Waals surface area (Å²) >= 11 is 0. The summed E-state index contributed by atoms with van der Waals surface area (Å²) in [5, 5.41) is 3.37. The van der Waals surface area contributed by atoms with E-state index < -0.39 is 0 Å². The maximum absolute atomic E-state index is 11.7. The minimum Gasteiger partial charge on any atom is -0.469 e. The minimum atomic E-state index is -0.361. The number of ether oxygens (including phenoxy) is 1. The zero-order valence-corrected chi connectivity index (χ0v) is 11.0. The molecule has 0 aromatic heterocycles.